The van der Waals surface area contributed by atoms with Crippen LogP contribution in [0.1, 0.15) is 297 Å². The normalized spacial score (nSPS) is 12.7. The van der Waals surface area contributed by atoms with Crippen molar-refractivity contribution in [3.63, 3.8) is 0 Å². The van der Waals surface area contributed by atoms with E-state index in [-0.39, 0.29) is 31.1 Å². The van der Waals surface area contributed by atoms with Gasteiger partial charge in [-0.15, -0.1) is 0 Å². The molecular formula is C66H114O6. The zero-order valence-electron chi connectivity index (χ0n) is 47.4. The largest absolute Gasteiger partial charge is 0.462 e. The van der Waals surface area contributed by atoms with E-state index >= 15 is 0 Å². The molecule has 0 bridgehead atoms. The Morgan fingerprint density at radius 1 is 0.292 bits per heavy atom. The third-order valence-corrected chi connectivity index (χ3v) is 13.1. The third kappa shape index (κ3) is 57.5. The maximum absolute atomic E-state index is 12.9. The second-order valence-corrected chi connectivity index (χ2v) is 20.2. The highest BCUT2D eigenvalue weighted by atomic mass is 16.6. The first-order valence-corrected chi connectivity index (χ1v) is 30.6. The minimum atomic E-state index is -0.792. The molecule has 414 valence electrons. The number of rotatable bonds is 55. The van der Waals surface area contributed by atoms with Crippen molar-refractivity contribution in [2.24, 2.45) is 0 Å². The molecule has 0 radical (unpaired) electrons. The maximum atomic E-state index is 12.9. The Labute approximate surface area is 445 Å². The zero-order chi connectivity index (χ0) is 52.2. The second-order valence-electron chi connectivity index (χ2n) is 20.2. The van der Waals surface area contributed by atoms with E-state index in [9.17, 15) is 14.4 Å². The Balaban J connectivity index is 4.43. The molecule has 0 amide bonds. The second kappa shape index (κ2) is 60.1. The molecule has 0 aromatic carbocycles. The van der Waals surface area contributed by atoms with E-state index in [1.165, 1.54) is 141 Å². The predicted molar refractivity (Wildman–Crippen MR) is 311 cm³/mol. The van der Waals surface area contributed by atoms with E-state index in [2.05, 4.69) is 106 Å². The number of carbonyl (C=O) groups excluding carboxylic acids is 3. The first-order valence-electron chi connectivity index (χ1n) is 30.6. The summed E-state index contributed by atoms with van der Waals surface area (Å²) in [5.41, 5.74) is 0. The molecule has 72 heavy (non-hydrogen) atoms. The van der Waals surface area contributed by atoms with E-state index in [4.69, 9.17) is 14.2 Å². The lowest BCUT2D eigenvalue weighted by molar-refractivity contribution is -0.167. The van der Waals surface area contributed by atoms with Crippen LogP contribution in [0.2, 0.25) is 0 Å². The summed E-state index contributed by atoms with van der Waals surface area (Å²) in [5.74, 6) is -0.910. The van der Waals surface area contributed by atoms with E-state index in [1.807, 2.05) is 0 Å². The Morgan fingerprint density at radius 2 is 0.542 bits per heavy atom. The first-order chi connectivity index (χ1) is 35.5. The predicted octanol–water partition coefficient (Wildman–Crippen LogP) is 20.7. The van der Waals surface area contributed by atoms with Crippen LogP contribution in [0, 0.1) is 0 Å². The van der Waals surface area contributed by atoms with Crippen LogP contribution >= 0.6 is 0 Å². The first kappa shape index (κ1) is 68.6. The van der Waals surface area contributed by atoms with Gasteiger partial charge in [-0.2, -0.15) is 0 Å². The molecule has 6 heteroatoms. The molecule has 1 unspecified atom stereocenters. The Kier molecular flexibility index (Phi) is 57.3. The lowest BCUT2D eigenvalue weighted by Gasteiger charge is -2.18. The van der Waals surface area contributed by atoms with Gasteiger partial charge >= 0.3 is 17.9 Å². The van der Waals surface area contributed by atoms with Crippen LogP contribution in [0.3, 0.4) is 0 Å². The van der Waals surface area contributed by atoms with Gasteiger partial charge < -0.3 is 14.2 Å². The highest BCUT2D eigenvalue weighted by molar-refractivity contribution is 5.71. The van der Waals surface area contributed by atoms with E-state index in [0.717, 1.165) is 116 Å². The summed E-state index contributed by atoms with van der Waals surface area (Å²) in [4.78, 5) is 38.3. The van der Waals surface area contributed by atoms with Gasteiger partial charge in [-0.1, -0.05) is 247 Å². The van der Waals surface area contributed by atoms with Gasteiger partial charge in [-0.25, -0.2) is 0 Å². The van der Waals surface area contributed by atoms with Crippen LogP contribution in [0.4, 0.5) is 0 Å². The Bertz CT molecular complexity index is 1380. The smallest absolute Gasteiger partial charge is 0.306 e. The molecule has 0 aliphatic carbocycles. The Morgan fingerprint density at radius 3 is 0.861 bits per heavy atom. The number of carbonyl (C=O) groups is 3. The molecule has 0 spiro atoms. The number of hydrogen-bond acceptors (Lipinski definition) is 6. The summed E-state index contributed by atoms with van der Waals surface area (Å²) in [5, 5.41) is 0. The fraction of sp³-hybridized carbons (Fsp3) is 0.742. The SMILES string of the molecule is CC/C=C\C/C=C\C/C=C\C/C=C\C/C=C\CCCCCCCC(=O)OCC(COC(=O)CCCCCCC/C=C\CCCCCCCCC)OC(=O)CCCCCCCCC/C=C\CCCCCCCC. The number of hydrogen-bond donors (Lipinski definition) is 0. The van der Waals surface area contributed by atoms with Crippen molar-refractivity contribution in [1.29, 1.82) is 0 Å². The van der Waals surface area contributed by atoms with Crippen molar-refractivity contribution in [3.8, 4) is 0 Å². The molecule has 0 aliphatic rings. The van der Waals surface area contributed by atoms with Crippen LogP contribution in [-0.4, -0.2) is 37.2 Å². The third-order valence-electron chi connectivity index (χ3n) is 13.1. The summed E-state index contributed by atoms with van der Waals surface area (Å²) in [6, 6.07) is 0. The van der Waals surface area contributed by atoms with Crippen molar-refractivity contribution in [3.05, 3.63) is 85.1 Å². The molecule has 0 aromatic rings. The molecule has 0 N–H and O–H groups in total. The molecule has 0 rings (SSSR count). The summed E-state index contributed by atoms with van der Waals surface area (Å²) >= 11 is 0. The van der Waals surface area contributed by atoms with Crippen LogP contribution < -0.4 is 0 Å². The molecule has 1 atom stereocenters. The van der Waals surface area contributed by atoms with E-state index < -0.39 is 6.10 Å². The molecule has 6 nitrogen and oxygen atoms in total. The average molecular weight is 1000 g/mol. The van der Waals surface area contributed by atoms with Gasteiger partial charge in [-0.3, -0.25) is 14.4 Å². The van der Waals surface area contributed by atoms with Crippen LogP contribution in [-0.2, 0) is 28.6 Å². The van der Waals surface area contributed by atoms with Crippen molar-refractivity contribution in [1.82, 2.24) is 0 Å². The number of unbranched alkanes of at least 4 members (excludes halogenated alkanes) is 30. The quantitative estimate of drug-likeness (QED) is 0.0261. The minimum absolute atomic E-state index is 0.0881. The highest BCUT2D eigenvalue weighted by Gasteiger charge is 2.19. The van der Waals surface area contributed by atoms with Crippen molar-refractivity contribution < 1.29 is 28.6 Å². The highest BCUT2D eigenvalue weighted by Crippen LogP contribution is 2.15. The number of esters is 3. The van der Waals surface area contributed by atoms with Gasteiger partial charge in [0.15, 0.2) is 6.10 Å². The monoisotopic (exact) mass is 1000 g/mol. The molecule has 0 heterocycles. The van der Waals surface area contributed by atoms with E-state index in [0.29, 0.717) is 19.3 Å². The zero-order valence-corrected chi connectivity index (χ0v) is 47.4. The molecule has 0 saturated heterocycles. The lowest BCUT2D eigenvalue weighted by atomic mass is 10.1. The molecule has 0 saturated carbocycles. The average Bonchev–Trinajstić information content (AvgIpc) is 3.38. The van der Waals surface area contributed by atoms with Gasteiger partial charge in [0.25, 0.3) is 0 Å². The topological polar surface area (TPSA) is 78.9 Å². The van der Waals surface area contributed by atoms with Gasteiger partial charge in [0, 0.05) is 19.3 Å². The van der Waals surface area contributed by atoms with Gasteiger partial charge in [-0.05, 0) is 116 Å². The van der Waals surface area contributed by atoms with Crippen molar-refractivity contribution in [2.45, 2.75) is 303 Å². The Hall–Kier alpha value is -3.41. The van der Waals surface area contributed by atoms with Crippen LogP contribution in [0.25, 0.3) is 0 Å². The number of ether oxygens (including phenoxy) is 3. The molecule has 0 aliphatic heterocycles. The van der Waals surface area contributed by atoms with Crippen molar-refractivity contribution in [2.75, 3.05) is 13.2 Å². The van der Waals surface area contributed by atoms with Crippen molar-refractivity contribution >= 4 is 17.9 Å². The summed E-state index contributed by atoms with van der Waals surface area (Å²) in [6.45, 7) is 6.52. The van der Waals surface area contributed by atoms with E-state index in [1.54, 1.807) is 0 Å². The fourth-order valence-corrected chi connectivity index (χ4v) is 8.52. The van der Waals surface area contributed by atoms with Gasteiger partial charge in [0.1, 0.15) is 13.2 Å². The standard InChI is InChI=1S/C66H114O6/c1-4-7-10-13-16-19-22-25-28-31-32-33-34-36-38-41-44-47-50-53-56-59-65(68)71-62-63(61-70-64(67)58-55-52-49-46-43-40-37-30-27-24-21-18-15-12-9-6-3)72-66(69)60-57-54-51-48-45-42-39-35-29-26-23-20-17-14-11-8-5-2/h7,10,16,19,25-26,28-30,32-33,36-38,63H,4-6,8-9,11-15,17-18,20-24,27,31,34-35,39-62H2,1-3H3/b10-7-,19-16-,28-25-,29-26-,33-32-,37-30-,38-36-. The fourth-order valence-electron chi connectivity index (χ4n) is 8.52. The molecular weight excluding hydrogens is 889 g/mol. The number of allylic oxidation sites excluding steroid dienone is 14. The molecule has 0 aromatic heterocycles. The maximum Gasteiger partial charge on any atom is 0.306 e. The van der Waals surface area contributed by atoms with Crippen LogP contribution in [0.15, 0.2) is 85.1 Å². The van der Waals surface area contributed by atoms with Crippen LogP contribution in [0.5, 0.6) is 0 Å². The van der Waals surface area contributed by atoms with Gasteiger partial charge in [0.2, 0.25) is 0 Å². The summed E-state index contributed by atoms with van der Waals surface area (Å²) in [7, 11) is 0. The summed E-state index contributed by atoms with van der Waals surface area (Å²) < 4.78 is 16.9. The molecule has 0 fully saturated rings. The van der Waals surface area contributed by atoms with Gasteiger partial charge in [0.05, 0.1) is 0 Å². The summed E-state index contributed by atoms with van der Waals surface area (Å²) in [6.07, 6.45) is 78.6. The minimum Gasteiger partial charge on any atom is -0.462 e. The lowest BCUT2D eigenvalue weighted by Crippen LogP contribution is -2.30.